The maximum Gasteiger partial charge on any atom is 0.268 e. The van der Waals surface area contributed by atoms with E-state index in [-0.39, 0.29) is 27.7 Å². The largest absolute Gasteiger partial charge is 0.495 e. The van der Waals surface area contributed by atoms with E-state index in [1.807, 2.05) is 12.1 Å². The average molecular weight is 479 g/mol. The summed E-state index contributed by atoms with van der Waals surface area (Å²) >= 11 is 0. The Labute approximate surface area is 188 Å². The zero-order valence-corrected chi connectivity index (χ0v) is 19.7. The smallest absolute Gasteiger partial charge is 0.268 e. The van der Waals surface area contributed by atoms with E-state index in [2.05, 4.69) is 0 Å². The highest BCUT2D eigenvalue weighted by atomic mass is 32.2. The maximum atomic E-state index is 13.7. The number of benzene rings is 2. The molecule has 0 bridgehead atoms. The lowest BCUT2D eigenvalue weighted by molar-refractivity contribution is 0.0747. The third-order valence-corrected chi connectivity index (χ3v) is 9.71. The van der Waals surface area contributed by atoms with Crippen LogP contribution in [-0.4, -0.2) is 65.9 Å². The monoisotopic (exact) mass is 478 g/mol. The second-order valence-electron chi connectivity index (χ2n) is 8.15. The molecule has 2 aliphatic heterocycles. The van der Waals surface area contributed by atoms with Gasteiger partial charge in [0.2, 0.25) is 0 Å². The Bertz CT molecular complexity index is 1260. The summed E-state index contributed by atoms with van der Waals surface area (Å²) in [5, 5.41) is 0. The molecule has 0 aromatic heterocycles. The highest BCUT2D eigenvalue weighted by Gasteiger charge is 2.35. The fourth-order valence-electron chi connectivity index (χ4n) is 4.33. The van der Waals surface area contributed by atoms with Crippen LogP contribution in [-0.2, 0) is 26.3 Å². The van der Waals surface area contributed by atoms with Gasteiger partial charge in [0.25, 0.3) is 15.9 Å². The summed E-state index contributed by atoms with van der Waals surface area (Å²) < 4.78 is 57.6. The summed E-state index contributed by atoms with van der Waals surface area (Å²) in [5.74, 6) is -0.312. The van der Waals surface area contributed by atoms with E-state index in [0.717, 1.165) is 12.0 Å². The van der Waals surface area contributed by atoms with Crippen molar-refractivity contribution in [3.05, 3.63) is 53.6 Å². The minimum Gasteiger partial charge on any atom is -0.495 e. The van der Waals surface area contributed by atoms with Gasteiger partial charge < -0.3 is 9.64 Å². The number of sulfone groups is 1. The lowest BCUT2D eigenvalue weighted by Crippen LogP contribution is -2.38. The molecule has 8 nitrogen and oxygen atoms in total. The lowest BCUT2D eigenvalue weighted by atomic mass is 10.0. The molecular weight excluding hydrogens is 452 g/mol. The molecule has 0 radical (unpaired) electrons. The number of fused-ring (bicyclic) bond motifs is 1. The van der Waals surface area contributed by atoms with Gasteiger partial charge in [0.15, 0.2) is 9.84 Å². The molecule has 0 spiro atoms. The Balaban J connectivity index is 1.71. The zero-order valence-electron chi connectivity index (χ0n) is 18.0. The number of nitrogens with zero attached hydrogens (tertiary/aromatic N) is 2. The number of ether oxygens (including phenoxy) is 1. The van der Waals surface area contributed by atoms with Crippen LogP contribution in [0.4, 0.5) is 5.69 Å². The van der Waals surface area contributed by atoms with Crippen molar-refractivity contribution in [2.24, 2.45) is 0 Å². The van der Waals surface area contributed by atoms with Crippen molar-refractivity contribution < 1.29 is 26.4 Å². The molecular formula is C22H26N2O6S2. The van der Waals surface area contributed by atoms with Gasteiger partial charge in [-0.25, -0.2) is 16.8 Å². The average Bonchev–Trinajstić information content (AvgIpc) is 3.16. The number of hydrogen-bond donors (Lipinski definition) is 0. The van der Waals surface area contributed by atoms with Gasteiger partial charge in [-0.1, -0.05) is 18.2 Å². The van der Waals surface area contributed by atoms with E-state index in [0.29, 0.717) is 25.1 Å². The molecule has 0 N–H and O–H groups in total. The quantitative estimate of drug-likeness (QED) is 0.652. The van der Waals surface area contributed by atoms with E-state index in [1.54, 1.807) is 19.2 Å². The van der Waals surface area contributed by atoms with Crippen molar-refractivity contribution in [1.29, 1.82) is 0 Å². The molecule has 1 fully saturated rings. The molecule has 2 heterocycles. The summed E-state index contributed by atoms with van der Waals surface area (Å²) in [5.41, 5.74) is 1.75. The number of carbonyl (C=O) groups is 1. The third kappa shape index (κ3) is 4.09. The number of hydrogen-bond acceptors (Lipinski definition) is 6. The summed E-state index contributed by atoms with van der Waals surface area (Å²) in [6.07, 6.45) is 1.86. The molecule has 10 heteroatoms. The number of carbonyl (C=O) groups excluding carboxylic acids is 1. The van der Waals surface area contributed by atoms with E-state index >= 15 is 0 Å². The first-order valence-corrected chi connectivity index (χ1v) is 13.7. The predicted molar refractivity (Wildman–Crippen MR) is 121 cm³/mol. The van der Waals surface area contributed by atoms with E-state index < -0.39 is 31.8 Å². The molecule has 1 unspecified atom stereocenters. The van der Waals surface area contributed by atoms with Crippen LogP contribution in [0.3, 0.4) is 0 Å². The van der Waals surface area contributed by atoms with Crippen molar-refractivity contribution in [2.45, 2.75) is 30.2 Å². The molecule has 1 saturated heterocycles. The predicted octanol–water partition coefficient (Wildman–Crippen LogP) is 2.10. The molecule has 2 aliphatic rings. The summed E-state index contributed by atoms with van der Waals surface area (Å²) in [4.78, 5) is 14.4. The lowest BCUT2D eigenvalue weighted by Gasteiger charge is -2.31. The first-order valence-electron chi connectivity index (χ1n) is 10.4. The third-order valence-electron chi connectivity index (χ3n) is 6.12. The molecule has 2 aromatic carbocycles. The Morgan fingerprint density at radius 3 is 2.62 bits per heavy atom. The van der Waals surface area contributed by atoms with Crippen molar-refractivity contribution in [3.8, 4) is 5.75 Å². The minimum atomic E-state index is -4.00. The van der Waals surface area contributed by atoms with Crippen LogP contribution in [0, 0.1) is 0 Å². The van der Waals surface area contributed by atoms with Crippen molar-refractivity contribution in [3.63, 3.8) is 0 Å². The van der Waals surface area contributed by atoms with Crippen LogP contribution in [0.2, 0.25) is 0 Å². The highest BCUT2D eigenvalue weighted by Crippen LogP contribution is 2.35. The van der Waals surface area contributed by atoms with E-state index in [9.17, 15) is 21.6 Å². The Kier molecular flexibility index (Phi) is 5.93. The fraction of sp³-hybridized carbons (Fsp3) is 0.409. The van der Waals surface area contributed by atoms with Gasteiger partial charge in [-0.3, -0.25) is 9.10 Å². The molecule has 172 valence electrons. The van der Waals surface area contributed by atoms with Crippen molar-refractivity contribution in [1.82, 2.24) is 4.90 Å². The summed E-state index contributed by atoms with van der Waals surface area (Å²) in [6.45, 7) is 0.334. The normalized spacial score (nSPS) is 19.9. The molecule has 1 atom stereocenters. The molecule has 4 rings (SSSR count). The SMILES string of the molecule is COc1ccc(C(=O)N(C)C2CCS(=O)(=O)C2)cc1S(=O)(=O)N1CCCc2ccccc21. The first-order chi connectivity index (χ1) is 15.1. The van der Waals surface area contributed by atoms with Crippen LogP contribution < -0.4 is 9.04 Å². The second-order valence-corrected chi connectivity index (χ2v) is 12.2. The van der Waals surface area contributed by atoms with Crippen LogP contribution in [0.1, 0.15) is 28.8 Å². The van der Waals surface area contributed by atoms with Gasteiger partial charge in [-0.2, -0.15) is 0 Å². The molecule has 1 amide bonds. The first kappa shape index (κ1) is 22.6. The van der Waals surface area contributed by atoms with Crippen LogP contribution in [0.5, 0.6) is 5.75 Å². The van der Waals surface area contributed by atoms with E-state index in [1.165, 1.54) is 34.5 Å². The van der Waals surface area contributed by atoms with E-state index in [4.69, 9.17) is 4.74 Å². The second kappa shape index (κ2) is 8.40. The Morgan fingerprint density at radius 2 is 1.94 bits per heavy atom. The number of para-hydroxylation sites is 1. The zero-order chi connectivity index (χ0) is 23.1. The molecule has 2 aromatic rings. The standard InChI is InChI=1S/C22H26N2O6S2/c1-23(18-11-13-31(26,27)15-18)22(25)17-9-10-20(30-2)21(14-17)32(28,29)24-12-5-7-16-6-3-4-8-19(16)24/h3-4,6,8-10,14,18H,5,7,11-13,15H2,1-2H3. The topological polar surface area (TPSA) is 101 Å². The number of sulfonamides is 1. The number of amides is 1. The molecule has 0 aliphatic carbocycles. The summed E-state index contributed by atoms with van der Waals surface area (Å²) in [6, 6.07) is 11.2. The summed E-state index contributed by atoms with van der Waals surface area (Å²) in [7, 11) is -4.22. The maximum absolute atomic E-state index is 13.7. The minimum absolute atomic E-state index is 0.0475. The number of anilines is 1. The van der Waals surface area contributed by atoms with Gasteiger partial charge in [0.1, 0.15) is 10.6 Å². The molecule has 32 heavy (non-hydrogen) atoms. The van der Waals surface area contributed by atoms with Crippen molar-refractivity contribution >= 4 is 31.5 Å². The van der Waals surface area contributed by atoms with Gasteiger partial charge in [0, 0.05) is 25.2 Å². The Hall–Kier alpha value is -2.59. The van der Waals surface area contributed by atoms with Gasteiger partial charge in [-0.15, -0.1) is 0 Å². The number of methoxy groups -OCH3 is 1. The van der Waals surface area contributed by atoms with Crippen molar-refractivity contribution in [2.75, 3.05) is 36.5 Å². The Morgan fingerprint density at radius 1 is 1.19 bits per heavy atom. The highest BCUT2D eigenvalue weighted by molar-refractivity contribution is 7.93. The van der Waals surface area contributed by atoms with Gasteiger partial charge in [-0.05, 0) is 49.1 Å². The number of aryl methyl sites for hydroxylation is 1. The number of rotatable bonds is 5. The van der Waals surface area contributed by atoms with Gasteiger partial charge >= 0.3 is 0 Å². The van der Waals surface area contributed by atoms with Crippen LogP contribution >= 0.6 is 0 Å². The molecule has 0 saturated carbocycles. The fourth-order valence-corrected chi connectivity index (χ4v) is 7.83. The van der Waals surface area contributed by atoms with Crippen LogP contribution in [0.15, 0.2) is 47.4 Å². The van der Waals surface area contributed by atoms with Crippen LogP contribution in [0.25, 0.3) is 0 Å². The van der Waals surface area contributed by atoms with Gasteiger partial charge in [0.05, 0.1) is 24.3 Å².